The molecular weight excluding hydrogens is 915 g/mol. The van der Waals surface area contributed by atoms with E-state index in [1.807, 2.05) is 13.8 Å². The Labute approximate surface area is 396 Å². The summed E-state index contributed by atoms with van der Waals surface area (Å²) in [5.41, 5.74) is 17.5. The minimum atomic E-state index is -1.76. The average molecular weight is 980 g/mol. The van der Waals surface area contributed by atoms with Crippen molar-refractivity contribution in [2.75, 3.05) is 24.6 Å². The average Bonchev–Trinajstić information content (AvgIpc) is 3.76. The summed E-state index contributed by atoms with van der Waals surface area (Å²) in [4.78, 5) is 135. The Morgan fingerprint density at radius 2 is 1.40 bits per heavy atom. The molecule has 2 saturated heterocycles. The lowest BCUT2D eigenvalue weighted by atomic mass is 9.96. The Balaban J connectivity index is 2.02. The first kappa shape index (κ1) is 55.7. The van der Waals surface area contributed by atoms with E-state index in [-0.39, 0.29) is 49.0 Å². The van der Waals surface area contributed by atoms with Crippen molar-refractivity contribution in [2.24, 2.45) is 29.0 Å². The fourth-order valence-corrected chi connectivity index (χ4v) is 9.44. The third kappa shape index (κ3) is 17.5. The summed E-state index contributed by atoms with van der Waals surface area (Å²) in [6.45, 7) is 7.80. The summed E-state index contributed by atoms with van der Waals surface area (Å²) < 4.78 is 0. The van der Waals surface area contributed by atoms with Crippen LogP contribution >= 0.6 is 21.6 Å². The lowest BCUT2D eigenvalue weighted by Crippen LogP contribution is -2.63. The van der Waals surface area contributed by atoms with E-state index in [0.717, 1.165) is 21.6 Å². The lowest BCUT2D eigenvalue weighted by Gasteiger charge is -2.31. The molecule has 1 aromatic rings. The molecule has 2 heterocycles. The highest BCUT2D eigenvalue weighted by molar-refractivity contribution is 8.76. The molecule has 3 rings (SSSR count). The highest BCUT2D eigenvalue weighted by atomic mass is 33.1. The molecule has 25 heteroatoms. The Bertz CT molecular complexity index is 1960. The number of aliphatic hydroxyl groups excluding tert-OH is 1. The maximum Gasteiger partial charge on any atom is 0.246 e. The Morgan fingerprint density at radius 1 is 0.806 bits per heavy atom. The van der Waals surface area contributed by atoms with Crippen molar-refractivity contribution in [1.29, 1.82) is 0 Å². The standard InChI is InChI=1S/C42H65N11O12S2/c1-6-21(4)33-40(63)52-34(22(5)54)41(64)49-28(16-31(44)56)37(60)50-29(19-67-66-18-25(43)35(58)47-27(38(61)51-33)15-23-9-11-24(55)12-10-23)42(65)53-13-7-8-30(53)39(62)48-26(14-20(2)3)36(59)46-17-32(45)57/h9-12,20-22,25-30,33-34,54-55H,6-8,13-19,43H2,1-5H3,(H2,44,56)(H2,45,57)(H,46,59)(H,47,58)(H,48,62)(H,49,64)(H,50,60)(H,51,61)(H,52,63)/t21-,22+,25-,26-,27-,28+,29-,30-,33?,34+/m1/s1. The topological polar surface area (TPSA) is 377 Å². The molecule has 0 aromatic heterocycles. The number of hydrogen-bond donors (Lipinski definition) is 12. The van der Waals surface area contributed by atoms with Gasteiger partial charge in [-0.25, -0.2) is 0 Å². The number of hydrogen-bond acceptors (Lipinski definition) is 15. The van der Waals surface area contributed by atoms with Crippen LogP contribution in [0.3, 0.4) is 0 Å². The quantitative estimate of drug-likeness (QED) is 0.0759. The maximum atomic E-state index is 14.4. The van der Waals surface area contributed by atoms with Gasteiger partial charge in [-0.3, -0.25) is 47.9 Å². The Hall–Kier alpha value is -5.66. The first-order valence-electron chi connectivity index (χ1n) is 22.0. The van der Waals surface area contributed by atoms with Crippen molar-refractivity contribution in [1.82, 2.24) is 42.1 Å². The number of phenols is 1. The van der Waals surface area contributed by atoms with Crippen molar-refractivity contribution >= 4 is 80.7 Å². The van der Waals surface area contributed by atoms with Gasteiger partial charge < -0.3 is 69.5 Å². The molecule has 372 valence electrons. The number of carbonyl (C=O) groups excluding carboxylic acids is 10. The summed E-state index contributed by atoms with van der Waals surface area (Å²) in [6, 6.07) is -5.16. The number of aromatic hydroxyl groups is 1. The molecule has 0 aliphatic carbocycles. The minimum absolute atomic E-state index is 0.0405. The van der Waals surface area contributed by atoms with Crippen molar-refractivity contribution < 1.29 is 58.2 Å². The van der Waals surface area contributed by atoms with Crippen LogP contribution in [0, 0.1) is 11.8 Å². The number of benzene rings is 1. The van der Waals surface area contributed by atoms with Crippen LogP contribution in [0.5, 0.6) is 5.75 Å². The molecule has 15 N–H and O–H groups in total. The molecule has 2 aliphatic rings. The normalized spacial score (nSPS) is 25.2. The van der Waals surface area contributed by atoms with E-state index < -0.39 is 132 Å². The third-order valence-corrected chi connectivity index (χ3v) is 13.5. The summed E-state index contributed by atoms with van der Waals surface area (Å²) in [5.74, 6) is -9.56. The second-order valence-corrected chi connectivity index (χ2v) is 19.6. The third-order valence-electron chi connectivity index (χ3n) is 11.0. The number of nitrogens with two attached hydrogens (primary N) is 3. The fraction of sp³-hybridized carbons (Fsp3) is 0.619. The summed E-state index contributed by atoms with van der Waals surface area (Å²) in [5, 5.41) is 38.2. The van der Waals surface area contributed by atoms with Gasteiger partial charge in [0.1, 0.15) is 48.0 Å². The summed E-state index contributed by atoms with van der Waals surface area (Å²) in [6.07, 6.45) is -1.43. The smallest absolute Gasteiger partial charge is 0.246 e. The van der Waals surface area contributed by atoms with Crippen LogP contribution in [-0.2, 0) is 54.4 Å². The van der Waals surface area contributed by atoms with E-state index >= 15 is 0 Å². The van der Waals surface area contributed by atoms with Crippen LogP contribution in [0.1, 0.15) is 72.3 Å². The summed E-state index contributed by atoms with van der Waals surface area (Å²) >= 11 is 0. The number of amides is 10. The fourth-order valence-electron chi connectivity index (χ4n) is 7.16. The number of phenolic OH excluding ortho intramolecular Hbond substituents is 1. The lowest BCUT2D eigenvalue weighted by molar-refractivity contribution is -0.142. The van der Waals surface area contributed by atoms with Crippen LogP contribution in [0.2, 0.25) is 0 Å². The molecule has 10 atom stereocenters. The SMILES string of the molecule is CC[C@@H](C)C1NC(=O)[C@@H](Cc2ccc(O)cc2)NC(=O)[C@H](N)CSSC[C@H](C(=O)N2CCC[C@@H]2C(=O)N[C@H](CC(C)C)C(=O)NCC(N)=O)NC(=O)[C@H](CC(N)=O)NC(=O)[C@H]([C@H](C)O)NC1=O. The maximum absolute atomic E-state index is 14.4. The number of nitrogens with zero attached hydrogens (tertiary/aromatic N) is 1. The molecule has 2 fully saturated rings. The van der Waals surface area contributed by atoms with Gasteiger partial charge in [-0.2, -0.15) is 0 Å². The van der Waals surface area contributed by atoms with E-state index in [0.29, 0.717) is 18.4 Å². The molecule has 10 amide bonds. The number of carbonyl (C=O) groups is 10. The first-order valence-corrected chi connectivity index (χ1v) is 24.4. The highest BCUT2D eigenvalue weighted by Gasteiger charge is 2.41. The minimum Gasteiger partial charge on any atom is -0.508 e. The van der Waals surface area contributed by atoms with Gasteiger partial charge in [-0.05, 0) is 55.7 Å². The van der Waals surface area contributed by atoms with E-state index in [1.165, 1.54) is 24.0 Å². The predicted octanol–water partition coefficient (Wildman–Crippen LogP) is -3.49. The van der Waals surface area contributed by atoms with Crippen LogP contribution in [-0.4, -0.2) is 153 Å². The molecule has 67 heavy (non-hydrogen) atoms. The van der Waals surface area contributed by atoms with Gasteiger partial charge >= 0.3 is 0 Å². The zero-order chi connectivity index (χ0) is 50.1. The molecule has 23 nitrogen and oxygen atoms in total. The van der Waals surface area contributed by atoms with Gasteiger partial charge in [-0.1, -0.05) is 67.8 Å². The van der Waals surface area contributed by atoms with Crippen molar-refractivity contribution in [2.45, 2.75) is 128 Å². The zero-order valence-corrected chi connectivity index (χ0v) is 39.8. The van der Waals surface area contributed by atoms with Gasteiger partial charge in [0.25, 0.3) is 0 Å². The second-order valence-electron chi connectivity index (χ2n) is 17.1. The zero-order valence-electron chi connectivity index (χ0n) is 38.2. The predicted molar refractivity (Wildman–Crippen MR) is 248 cm³/mol. The monoisotopic (exact) mass is 979 g/mol. The van der Waals surface area contributed by atoms with Crippen LogP contribution in [0.4, 0.5) is 0 Å². The molecule has 0 radical (unpaired) electrons. The summed E-state index contributed by atoms with van der Waals surface area (Å²) in [7, 11) is 2.06. The van der Waals surface area contributed by atoms with Crippen LogP contribution in [0.15, 0.2) is 24.3 Å². The van der Waals surface area contributed by atoms with Gasteiger partial charge in [-0.15, -0.1) is 0 Å². The molecule has 0 bridgehead atoms. The van der Waals surface area contributed by atoms with Crippen LogP contribution in [0.25, 0.3) is 0 Å². The molecule has 2 aliphatic heterocycles. The molecular formula is C42H65N11O12S2. The van der Waals surface area contributed by atoms with Crippen molar-refractivity contribution in [3.63, 3.8) is 0 Å². The van der Waals surface area contributed by atoms with E-state index in [2.05, 4.69) is 37.2 Å². The Morgan fingerprint density at radius 3 is 2.00 bits per heavy atom. The second kappa shape index (κ2) is 26.6. The van der Waals surface area contributed by atoms with E-state index in [9.17, 15) is 58.2 Å². The van der Waals surface area contributed by atoms with Crippen molar-refractivity contribution in [3.8, 4) is 5.75 Å². The largest absolute Gasteiger partial charge is 0.508 e. The van der Waals surface area contributed by atoms with Crippen molar-refractivity contribution in [3.05, 3.63) is 29.8 Å². The van der Waals surface area contributed by atoms with Gasteiger partial charge in [0.15, 0.2) is 0 Å². The Kier molecular flexibility index (Phi) is 22.1. The van der Waals surface area contributed by atoms with Gasteiger partial charge in [0.05, 0.1) is 25.1 Å². The molecule has 1 unspecified atom stereocenters. The number of likely N-dealkylation sites (tertiary alicyclic amines) is 1. The van der Waals surface area contributed by atoms with E-state index in [4.69, 9.17) is 17.2 Å². The number of aliphatic hydroxyl groups is 1. The first-order chi connectivity index (χ1) is 31.5. The van der Waals surface area contributed by atoms with Gasteiger partial charge in [0, 0.05) is 24.5 Å². The van der Waals surface area contributed by atoms with Crippen LogP contribution < -0.4 is 54.4 Å². The number of nitrogens with one attached hydrogen (secondary N) is 7. The van der Waals surface area contributed by atoms with E-state index in [1.54, 1.807) is 26.0 Å². The number of primary amides is 2. The number of rotatable bonds is 15. The molecule has 0 spiro atoms. The molecule has 1 aromatic carbocycles. The molecule has 0 saturated carbocycles. The highest BCUT2D eigenvalue weighted by Crippen LogP contribution is 2.26. The van der Waals surface area contributed by atoms with Gasteiger partial charge in [0.2, 0.25) is 59.1 Å².